The second kappa shape index (κ2) is 7.37. The Morgan fingerprint density at radius 3 is 2.61 bits per heavy atom. The van der Waals surface area contributed by atoms with Crippen LogP contribution in [0.3, 0.4) is 0 Å². The van der Waals surface area contributed by atoms with Crippen LogP contribution in [0.25, 0.3) is 6.08 Å². The average Bonchev–Trinajstić information content (AvgIpc) is 2.78. The highest BCUT2D eigenvalue weighted by Gasteiger charge is 2.32. The number of amides is 3. The van der Waals surface area contributed by atoms with Gasteiger partial charge in [-0.2, -0.15) is 0 Å². The minimum Gasteiger partial charge on any atom is -0.493 e. The standard InChI is InChI=1S/C16H19ClN2O4/c1-4-6-19-15(20)12(18-16(19)21)7-10-8-14(23-5-2)13(22-3)9-11(10)17/h7-9H,4-6H2,1-3H3,(H,18,21)/b12-7+. The Balaban J connectivity index is 2.37. The lowest BCUT2D eigenvalue weighted by Crippen LogP contribution is -2.31. The third kappa shape index (κ3) is 3.59. The molecule has 1 fully saturated rings. The number of hydrogen-bond acceptors (Lipinski definition) is 4. The van der Waals surface area contributed by atoms with E-state index in [0.717, 1.165) is 0 Å². The van der Waals surface area contributed by atoms with Gasteiger partial charge in [0.2, 0.25) is 0 Å². The van der Waals surface area contributed by atoms with E-state index in [1.165, 1.54) is 12.0 Å². The third-order valence-corrected chi connectivity index (χ3v) is 3.62. The SMILES string of the molecule is CCCN1C(=O)N/C(=C/c2cc(OCC)c(OC)cc2Cl)C1=O. The normalized spacial score (nSPS) is 16.0. The number of carbonyl (C=O) groups excluding carboxylic acids is 2. The molecule has 1 aromatic rings. The highest BCUT2D eigenvalue weighted by molar-refractivity contribution is 6.32. The molecule has 0 unspecified atom stereocenters. The van der Waals surface area contributed by atoms with E-state index in [9.17, 15) is 9.59 Å². The van der Waals surface area contributed by atoms with Crippen LogP contribution in [0.1, 0.15) is 25.8 Å². The molecule has 1 heterocycles. The molecule has 1 saturated heterocycles. The Bertz CT molecular complexity index is 658. The molecule has 1 N–H and O–H groups in total. The first-order chi connectivity index (χ1) is 11.0. The average molecular weight is 339 g/mol. The molecule has 7 heteroatoms. The zero-order valence-electron chi connectivity index (χ0n) is 13.3. The first kappa shape index (κ1) is 17.1. The van der Waals surface area contributed by atoms with Gasteiger partial charge < -0.3 is 14.8 Å². The van der Waals surface area contributed by atoms with Gasteiger partial charge in [0, 0.05) is 12.6 Å². The quantitative estimate of drug-likeness (QED) is 0.639. The van der Waals surface area contributed by atoms with Gasteiger partial charge in [-0.1, -0.05) is 18.5 Å². The van der Waals surface area contributed by atoms with E-state index in [1.54, 1.807) is 18.2 Å². The smallest absolute Gasteiger partial charge is 0.329 e. The van der Waals surface area contributed by atoms with E-state index in [1.807, 2.05) is 13.8 Å². The van der Waals surface area contributed by atoms with E-state index >= 15 is 0 Å². The summed E-state index contributed by atoms with van der Waals surface area (Å²) < 4.78 is 10.7. The molecule has 0 bridgehead atoms. The Hall–Kier alpha value is -2.21. The van der Waals surface area contributed by atoms with Gasteiger partial charge in [-0.3, -0.25) is 9.69 Å². The fraction of sp³-hybridized carbons (Fsp3) is 0.375. The van der Waals surface area contributed by atoms with Gasteiger partial charge in [0.05, 0.1) is 18.7 Å². The van der Waals surface area contributed by atoms with Crippen LogP contribution in [0.2, 0.25) is 5.02 Å². The molecular weight excluding hydrogens is 320 g/mol. The van der Waals surface area contributed by atoms with Gasteiger partial charge in [0.15, 0.2) is 11.5 Å². The summed E-state index contributed by atoms with van der Waals surface area (Å²) in [5, 5.41) is 2.96. The number of hydrogen-bond donors (Lipinski definition) is 1. The van der Waals surface area contributed by atoms with Gasteiger partial charge in [-0.05, 0) is 31.1 Å². The van der Waals surface area contributed by atoms with Crippen molar-refractivity contribution in [2.24, 2.45) is 0 Å². The lowest BCUT2D eigenvalue weighted by atomic mass is 10.1. The summed E-state index contributed by atoms with van der Waals surface area (Å²) in [7, 11) is 1.52. The van der Waals surface area contributed by atoms with Crippen LogP contribution >= 0.6 is 11.6 Å². The minimum atomic E-state index is -0.419. The van der Waals surface area contributed by atoms with Crippen molar-refractivity contribution in [1.29, 1.82) is 0 Å². The van der Waals surface area contributed by atoms with E-state index in [-0.39, 0.29) is 11.6 Å². The summed E-state index contributed by atoms with van der Waals surface area (Å²) in [6.45, 7) is 4.60. The Labute approximate surface area is 140 Å². The molecule has 3 amide bonds. The number of carbonyl (C=O) groups is 2. The first-order valence-electron chi connectivity index (χ1n) is 7.36. The van der Waals surface area contributed by atoms with E-state index in [2.05, 4.69) is 5.32 Å². The van der Waals surface area contributed by atoms with Gasteiger partial charge in [-0.15, -0.1) is 0 Å². The maximum atomic E-state index is 12.2. The molecule has 23 heavy (non-hydrogen) atoms. The van der Waals surface area contributed by atoms with Crippen LogP contribution in [0.15, 0.2) is 17.8 Å². The predicted octanol–water partition coefficient (Wildman–Crippen LogP) is 3.05. The summed E-state index contributed by atoms with van der Waals surface area (Å²) in [5.41, 5.74) is 0.760. The number of urea groups is 1. The zero-order valence-corrected chi connectivity index (χ0v) is 14.1. The Kier molecular flexibility index (Phi) is 5.50. The number of rotatable bonds is 6. The highest BCUT2D eigenvalue weighted by atomic mass is 35.5. The second-order valence-electron chi connectivity index (χ2n) is 4.90. The lowest BCUT2D eigenvalue weighted by molar-refractivity contribution is -0.122. The molecule has 0 aromatic heterocycles. The topological polar surface area (TPSA) is 67.9 Å². The Morgan fingerprint density at radius 2 is 2.00 bits per heavy atom. The molecule has 2 rings (SSSR count). The minimum absolute atomic E-state index is 0.193. The maximum Gasteiger partial charge on any atom is 0.329 e. The number of halogens is 1. The highest BCUT2D eigenvalue weighted by Crippen LogP contribution is 2.34. The van der Waals surface area contributed by atoms with E-state index in [0.29, 0.717) is 41.7 Å². The van der Waals surface area contributed by atoms with Crippen LogP contribution in [0.5, 0.6) is 11.5 Å². The molecule has 1 aromatic carbocycles. The number of benzene rings is 1. The van der Waals surface area contributed by atoms with Crippen molar-refractivity contribution in [1.82, 2.24) is 10.2 Å². The van der Waals surface area contributed by atoms with Gasteiger partial charge in [0.1, 0.15) is 5.70 Å². The summed E-state index contributed by atoms with van der Waals surface area (Å²) in [6.07, 6.45) is 2.24. The van der Waals surface area contributed by atoms with Crippen molar-refractivity contribution < 1.29 is 19.1 Å². The fourth-order valence-corrected chi connectivity index (χ4v) is 2.45. The molecule has 0 saturated carbocycles. The number of nitrogens with zero attached hydrogens (tertiary/aromatic N) is 1. The Morgan fingerprint density at radius 1 is 1.26 bits per heavy atom. The van der Waals surface area contributed by atoms with E-state index in [4.69, 9.17) is 21.1 Å². The van der Waals surface area contributed by atoms with Crippen LogP contribution in [-0.4, -0.2) is 37.1 Å². The fourth-order valence-electron chi connectivity index (χ4n) is 2.24. The zero-order chi connectivity index (χ0) is 17.0. The second-order valence-corrected chi connectivity index (χ2v) is 5.31. The van der Waals surface area contributed by atoms with Crippen LogP contribution < -0.4 is 14.8 Å². The summed E-state index contributed by atoms with van der Waals surface area (Å²) >= 11 is 6.22. The van der Waals surface area contributed by atoms with Crippen molar-refractivity contribution in [3.8, 4) is 11.5 Å². The van der Waals surface area contributed by atoms with Gasteiger partial charge >= 0.3 is 6.03 Å². The number of imide groups is 1. The van der Waals surface area contributed by atoms with Crippen molar-refractivity contribution in [3.63, 3.8) is 0 Å². The van der Waals surface area contributed by atoms with Crippen LogP contribution in [-0.2, 0) is 4.79 Å². The molecule has 0 spiro atoms. The largest absolute Gasteiger partial charge is 0.493 e. The van der Waals surface area contributed by atoms with Crippen molar-refractivity contribution >= 4 is 29.6 Å². The van der Waals surface area contributed by atoms with Gasteiger partial charge in [-0.25, -0.2) is 4.79 Å². The third-order valence-electron chi connectivity index (χ3n) is 3.29. The number of methoxy groups -OCH3 is 1. The van der Waals surface area contributed by atoms with Crippen molar-refractivity contribution in [2.75, 3.05) is 20.3 Å². The van der Waals surface area contributed by atoms with Crippen LogP contribution in [0, 0.1) is 0 Å². The summed E-state index contributed by atoms with van der Waals surface area (Å²) in [5.74, 6) is 0.670. The molecule has 124 valence electrons. The summed E-state index contributed by atoms with van der Waals surface area (Å²) in [6, 6.07) is 2.88. The number of nitrogens with one attached hydrogen (secondary N) is 1. The van der Waals surface area contributed by atoms with E-state index < -0.39 is 6.03 Å². The molecule has 0 atom stereocenters. The first-order valence-corrected chi connectivity index (χ1v) is 7.74. The molecule has 0 aliphatic carbocycles. The number of ether oxygens (including phenoxy) is 2. The summed E-state index contributed by atoms with van der Waals surface area (Å²) in [4.78, 5) is 25.2. The van der Waals surface area contributed by atoms with Gasteiger partial charge in [0.25, 0.3) is 5.91 Å². The molecule has 0 radical (unpaired) electrons. The lowest BCUT2D eigenvalue weighted by Gasteiger charge is -2.11. The molecular formula is C16H19ClN2O4. The van der Waals surface area contributed by atoms with Crippen molar-refractivity contribution in [2.45, 2.75) is 20.3 Å². The van der Waals surface area contributed by atoms with Crippen LogP contribution in [0.4, 0.5) is 4.79 Å². The van der Waals surface area contributed by atoms with Crippen molar-refractivity contribution in [3.05, 3.63) is 28.4 Å². The predicted molar refractivity (Wildman–Crippen MR) is 87.7 cm³/mol. The maximum absolute atomic E-state index is 12.2. The molecule has 1 aliphatic rings. The molecule has 1 aliphatic heterocycles. The molecule has 6 nitrogen and oxygen atoms in total. The monoisotopic (exact) mass is 338 g/mol.